The molecule has 1 aromatic rings. The van der Waals surface area contributed by atoms with Crippen LogP contribution in [0.3, 0.4) is 0 Å². The van der Waals surface area contributed by atoms with Crippen LogP contribution in [0.2, 0.25) is 0 Å². The van der Waals surface area contributed by atoms with E-state index in [-0.39, 0.29) is 23.2 Å². The van der Waals surface area contributed by atoms with Crippen molar-refractivity contribution in [2.24, 2.45) is 0 Å². The fraction of sp³-hybridized carbons (Fsp3) is 0.385. The molecule has 2 rings (SSSR count). The van der Waals surface area contributed by atoms with Gasteiger partial charge in [0.05, 0.1) is 17.3 Å². The van der Waals surface area contributed by atoms with Gasteiger partial charge in [-0.2, -0.15) is 0 Å². The number of carbonyl (C=O) groups excluding carboxylic acids is 1. The highest BCUT2D eigenvalue weighted by molar-refractivity contribution is 5.96. The molecule has 1 heterocycles. The van der Waals surface area contributed by atoms with Crippen molar-refractivity contribution in [2.75, 3.05) is 11.9 Å². The number of aromatic carboxylic acids is 1. The smallest absolute Gasteiger partial charge is 0.335 e. The van der Waals surface area contributed by atoms with Gasteiger partial charge in [0.2, 0.25) is 5.91 Å². The molecular formula is C13H15FN2O3. The Bertz CT molecular complexity index is 499. The van der Waals surface area contributed by atoms with E-state index >= 15 is 0 Å². The quantitative estimate of drug-likeness (QED) is 0.776. The number of amides is 1. The first-order chi connectivity index (χ1) is 9.08. The van der Waals surface area contributed by atoms with E-state index in [1.807, 2.05) is 0 Å². The van der Waals surface area contributed by atoms with Gasteiger partial charge in [0.15, 0.2) is 0 Å². The number of carboxylic acids is 1. The minimum Gasteiger partial charge on any atom is -0.478 e. The number of carbonyl (C=O) groups is 2. The second kappa shape index (κ2) is 5.79. The van der Waals surface area contributed by atoms with Crippen LogP contribution in [-0.2, 0) is 4.79 Å². The molecule has 0 spiro atoms. The van der Waals surface area contributed by atoms with Crippen molar-refractivity contribution >= 4 is 17.6 Å². The van der Waals surface area contributed by atoms with E-state index in [9.17, 15) is 14.0 Å². The van der Waals surface area contributed by atoms with Crippen LogP contribution >= 0.6 is 0 Å². The molecule has 0 aliphatic carbocycles. The van der Waals surface area contributed by atoms with Gasteiger partial charge in [-0.25, -0.2) is 9.18 Å². The Morgan fingerprint density at radius 3 is 2.79 bits per heavy atom. The fourth-order valence-electron chi connectivity index (χ4n) is 2.05. The highest BCUT2D eigenvalue weighted by atomic mass is 19.1. The Balaban J connectivity index is 2.11. The van der Waals surface area contributed by atoms with Gasteiger partial charge in [-0.05, 0) is 37.6 Å². The molecule has 5 nitrogen and oxygen atoms in total. The molecule has 1 amide bonds. The summed E-state index contributed by atoms with van der Waals surface area (Å²) in [6.45, 7) is 0.760. The molecule has 1 fully saturated rings. The maximum atomic E-state index is 13.5. The number of hydrogen-bond donors (Lipinski definition) is 3. The van der Waals surface area contributed by atoms with Crippen LogP contribution < -0.4 is 10.6 Å². The van der Waals surface area contributed by atoms with Crippen LogP contribution in [0.25, 0.3) is 0 Å². The maximum Gasteiger partial charge on any atom is 0.335 e. The van der Waals surface area contributed by atoms with E-state index in [1.54, 1.807) is 0 Å². The van der Waals surface area contributed by atoms with Crippen molar-refractivity contribution in [3.63, 3.8) is 0 Å². The van der Waals surface area contributed by atoms with E-state index in [4.69, 9.17) is 5.11 Å². The highest BCUT2D eigenvalue weighted by Crippen LogP contribution is 2.17. The maximum absolute atomic E-state index is 13.5. The number of anilines is 1. The molecule has 1 atom stereocenters. The third-order valence-corrected chi connectivity index (χ3v) is 3.10. The molecule has 1 aromatic carbocycles. The topological polar surface area (TPSA) is 78.4 Å². The SMILES string of the molecule is O=C(O)c1ccc(F)c(NC(=O)[C@@H]2CCCCN2)c1. The Kier molecular flexibility index (Phi) is 4.11. The van der Waals surface area contributed by atoms with Crippen molar-refractivity contribution in [2.45, 2.75) is 25.3 Å². The van der Waals surface area contributed by atoms with Gasteiger partial charge >= 0.3 is 5.97 Å². The average Bonchev–Trinajstić information content (AvgIpc) is 2.42. The third kappa shape index (κ3) is 3.29. The molecule has 19 heavy (non-hydrogen) atoms. The van der Waals surface area contributed by atoms with E-state index in [2.05, 4.69) is 10.6 Å². The summed E-state index contributed by atoms with van der Waals surface area (Å²) in [6, 6.07) is 2.97. The molecule has 0 unspecified atom stereocenters. The minimum absolute atomic E-state index is 0.0618. The first-order valence-corrected chi connectivity index (χ1v) is 6.15. The molecule has 102 valence electrons. The molecule has 3 N–H and O–H groups in total. The number of piperidine rings is 1. The first kappa shape index (κ1) is 13.5. The van der Waals surface area contributed by atoms with Gasteiger partial charge in [0, 0.05) is 0 Å². The van der Waals surface area contributed by atoms with Crippen LogP contribution in [0.5, 0.6) is 0 Å². The van der Waals surface area contributed by atoms with Crippen molar-refractivity contribution in [1.82, 2.24) is 5.32 Å². The van der Waals surface area contributed by atoms with Crippen LogP contribution in [0.4, 0.5) is 10.1 Å². The predicted molar refractivity (Wildman–Crippen MR) is 67.6 cm³/mol. The summed E-state index contributed by atoms with van der Waals surface area (Å²) in [7, 11) is 0. The number of halogens is 1. The first-order valence-electron chi connectivity index (χ1n) is 6.15. The molecule has 0 radical (unpaired) electrons. The molecule has 0 saturated carbocycles. The Labute approximate surface area is 109 Å². The summed E-state index contributed by atoms with van der Waals surface area (Å²) in [4.78, 5) is 22.7. The highest BCUT2D eigenvalue weighted by Gasteiger charge is 2.21. The Morgan fingerprint density at radius 2 is 2.16 bits per heavy atom. The molecule has 1 aliphatic heterocycles. The molecular weight excluding hydrogens is 251 g/mol. The zero-order chi connectivity index (χ0) is 13.8. The minimum atomic E-state index is -1.16. The summed E-state index contributed by atoms with van der Waals surface area (Å²) in [5.41, 5.74) is -0.162. The zero-order valence-electron chi connectivity index (χ0n) is 10.3. The summed E-state index contributed by atoms with van der Waals surface area (Å²) >= 11 is 0. The predicted octanol–water partition coefficient (Wildman–Crippen LogP) is 1.60. The van der Waals surface area contributed by atoms with E-state index in [0.717, 1.165) is 37.6 Å². The largest absolute Gasteiger partial charge is 0.478 e. The van der Waals surface area contributed by atoms with Gasteiger partial charge in [0.1, 0.15) is 5.82 Å². The van der Waals surface area contributed by atoms with Crippen molar-refractivity contribution in [3.05, 3.63) is 29.6 Å². The van der Waals surface area contributed by atoms with Gasteiger partial charge < -0.3 is 15.7 Å². The normalized spacial score (nSPS) is 18.9. The van der Waals surface area contributed by atoms with Gasteiger partial charge in [-0.3, -0.25) is 4.79 Å². The van der Waals surface area contributed by atoms with E-state index in [1.165, 1.54) is 0 Å². The lowest BCUT2D eigenvalue weighted by Gasteiger charge is -2.22. The Hall–Kier alpha value is -1.95. The summed E-state index contributed by atoms with van der Waals surface area (Å²) in [5, 5.41) is 14.3. The number of benzene rings is 1. The monoisotopic (exact) mass is 266 g/mol. The Morgan fingerprint density at radius 1 is 1.37 bits per heavy atom. The van der Waals surface area contributed by atoms with E-state index < -0.39 is 11.8 Å². The number of hydrogen-bond acceptors (Lipinski definition) is 3. The molecule has 6 heteroatoms. The zero-order valence-corrected chi connectivity index (χ0v) is 10.3. The third-order valence-electron chi connectivity index (χ3n) is 3.10. The van der Waals surface area contributed by atoms with Crippen molar-refractivity contribution in [3.8, 4) is 0 Å². The van der Waals surface area contributed by atoms with Crippen LogP contribution in [0, 0.1) is 5.82 Å². The number of rotatable bonds is 3. The molecule has 1 aliphatic rings. The van der Waals surface area contributed by atoms with Gasteiger partial charge in [-0.1, -0.05) is 6.42 Å². The fourth-order valence-corrected chi connectivity index (χ4v) is 2.05. The lowest BCUT2D eigenvalue weighted by molar-refractivity contribution is -0.118. The number of nitrogens with one attached hydrogen (secondary N) is 2. The second-order valence-electron chi connectivity index (χ2n) is 4.49. The number of carboxylic acid groups (broad SMARTS) is 1. The molecule has 0 bridgehead atoms. The van der Waals surface area contributed by atoms with E-state index in [0.29, 0.717) is 6.42 Å². The van der Waals surface area contributed by atoms with Gasteiger partial charge in [0.25, 0.3) is 0 Å². The lowest BCUT2D eigenvalue weighted by atomic mass is 10.0. The summed E-state index contributed by atoms with van der Waals surface area (Å²) < 4.78 is 13.5. The lowest BCUT2D eigenvalue weighted by Crippen LogP contribution is -2.43. The van der Waals surface area contributed by atoms with Crippen molar-refractivity contribution in [1.29, 1.82) is 0 Å². The molecule has 0 aromatic heterocycles. The van der Waals surface area contributed by atoms with Crippen LogP contribution in [-0.4, -0.2) is 29.6 Å². The standard InChI is InChI=1S/C13H15FN2O3/c14-9-5-4-8(13(18)19)7-11(9)16-12(17)10-3-1-2-6-15-10/h4-5,7,10,15H,1-3,6H2,(H,16,17)(H,18,19)/t10-/m0/s1. The average molecular weight is 266 g/mol. The van der Waals surface area contributed by atoms with Gasteiger partial charge in [-0.15, -0.1) is 0 Å². The molecule has 1 saturated heterocycles. The summed E-state index contributed by atoms with van der Waals surface area (Å²) in [6.07, 6.45) is 2.67. The summed E-state index contributed by atoms with van der Waals surface area (Å²) in [5.74, 6) is -2.14. The van der Waals surface area contributed by atoms with Crippen molar-refractivity contribution < 1.29 is 19.1 Å². The van der Waals surface area contributed by atoms with Crippen LogP contribution in [0.1, 0.15) is 29.6 Å². The second-order valence-corrected chi connectivity index (χ2v) is 4.49. The van der Waals surface area contributed by atoms with Crippen LogP contribution in [0.15, 0.2) is 18.2 Å².